The van der Waals surface area contributed by atoms with E-state index in [9.17, 15) is 0 Å². The average Bonchev–Trinajstić information content (AvgIpc) is 2.88. The first-order valence-corrected chi connectivity index (χ1v) is 14.5. The Balaban J connectivity index is 1.86. The number of amidine groups is 1. The monoisotopic (exact) mass is 433 g/mol. The van der Waals surface area contributed by atoms with Crippen LogP contribution in [0.25, 0.3) is 0 Å². The van der Waals surface area contributed by atoms with E-state index in [0.29, 0.717) is 12.6 Å². The lowest BCUT2D eigenvalue weighted by Crippen LogP contribution is -2.41. The summed E-state index contributed by atoms with van der Waals surface area (Å²) >= 11 is 7.28. The summed E-state index contributed by atoms with van der Waals surface area (Å²) in [6.07, 6.45) is 9.64. The zero-order valence-corrected chi connectivity index (χ0v) is 19.2. The molecule has 146 valence electrons. The third kappa shape index (κ3) is 4.36. The van der Waals surface area contributed by atoms with Crippen LogP contribution in [0.4, 0.5) is 0 Å². The molecule has 3 atom stereocenters. The first kappa shape index (κ1) is 20.7. The second kappa shape index (κ2) is 8.58. The largest absolute Gasteiger partial charge is 0.342 e. The Morgan fingerprint density at radius 1 is 1.46 bits per heavy atom. The number of aliphatic imine (C=N–C) groups is 1. The molecule has 0 aromatic heterocycles. The number of allylic oxidation sites excluding steroid dienone is 1. The lowest BCUT2D eigenvalue weighted by atomic mass is 9.93. The summed E-state index contributed by atoms with van der Waals surface area (Å²) < 4.78 is 16.3. The Hall–Kier alpha value is 0.0200. The normalized spacial score (nSPS) is 29.0. The molecule has 1 saturated heterocycles. The number of rotatable bonds is 7. The molecule has 0 aromatic rings. The SMILES string of the molecule is CCCSP(=S)(OCC)ON=S1C2=NC=C3CC=CCC3N2CC1(C)C. The van der Waals surface area contributed by atoms with Crippen LogP contribution in [0.1, 0.15) is 47.0 Å². The van der Waals surface area contributed by atoms with Crippen molar-refractivity contribution in [3.05, 3.63) is 23.9 Å². The second-order valence-electron chi connectivity index (χ2n) is 7.07. The van der Waals surface area contributed by atoms with Gasteiger partial charge in [-0.05, 0) is 57.4 Å². The Morgan fingerprint density at radius 3 is 3.00 bits per heavy atom. The van der Waals surface area contributed by atoms with Gasteiger partial charge in [0.15, 0.2) is 5.17 Å². The zero-order valence-electron chi connectivity index (χ0n) is 15.9. The van der Waals surface area contributed by atoms with Gasteiger partial charge in [-0.2, -0.15) is 4.62 Å². The highest BCUT2D eigenvalue weighted by molar-refractivity contribution is 8.67. The molecule has 0 N–H and O–H groups in total. The van der Waals surface area contributed by atoms with Crippen molar-refractivity contribution in [1.82, 2.24) is 4.90 Å². The van der Waals surface area contributed by atoms with Gasteiger partial charge in [0, 0.05) is 33.9 Å². The van der Waals surface area contributed by atoms with Gasteiger partial charge in [-0.1, -0.05) is 35.0 Å². The maximum Gasteiger partial charge on any atom is 0.273 e. The number of hydrogen-bond acceptors (Lipinski definition) is 7. The van der Waals surface area contributed by atoms with E-state index in [1.54, 1.807) is 11.4 Å². The lowest BCUT2D eigenvalue weighted by Gasteiger charge is -2.34. The first-order valence-electron chi connectivity index (χ1n) is 9.12. The van der Waals surface area contributed by atoms with Gasteiger partial charge in [-0.15, -0.1) is 0 Å². The van der Waals surface area contributed by atoms with E-state index in [0.717, 1.165) is 36.7 Å². The summed E-state index contributed by atoms with van der Waals surface area (Å²) in [5, 5.41) is 1.04. The van der Waals surface area contributed by atoms with E-state index in [1.165, 1.54) is 5.57 Å². The van der Waals surface area contributed by atoms with Crippen molar-refractivity contribution in [3.8, 4) is 0 Å². The van der Waals surface area contributed by atoms with Crippen LogP contribution in [0, 0.1) is 0 Å². The average molecular weight is 434 g/mol. The zero-order chi connectivity index (χ0) is 18.8. The fraction of sp³-hybridized carbons (Fsp3) is 0.706. The number of fused-ring (bicyclic) bond motifs is 3. The highest BCUT2D eigenvalue weighted by atomic mass is 32.9. The molecule has 1 fully saturated rings. The Morgan fingerprint density at radius 2 is 2.27 bits per heavy atom. The van der Waals surface area contributed by atoms with Gasteiger partial charge in [-0.25, -0.2) is 4.99 Å². The molecule has 2 aliphatic heterocycles. The summed E-state index contributed by atoms with van der Waals surface area (Å²) in [7, 11) is -0.447. The molecule has 9 heteroatoms. The predicted molar refractivity (Wildman–Crippen MR) is 118 cm³/mol. The van der Waals surface area contributed by atoms with Gasteiger partial charge in [-0.3, -0.25) is 0 Å². The van der Waals surface area contributed by atoms with Crippen LogP contribution in [0.5, 0.6) is 0 Å². The van der Waals surface area contributed by atoms with Crippen molar-refractivity contribution < 1.29 is 9.15 Å². The Bertz CT molecular complexity index is 718. The fourth-order valence-electron chi connectivity index (χ4n) is 3.26. The van der Waals surface area contributed by atoms with Crippen molar-refractivity contribution >= 4 is 44.7 Å². The van der Waals surface area contributed by atoms with Crippen LogP contribution in [0.3, 0.4) is 0 Å². The van der Waals surface area contributed by atoms with Crippen molar-refractivity contribution in [3.63, 3.8) is 0 Å². The highest BCUT2D eigenvalue weighted by Crippen LogP contribution is 2.61. The van der Waals surface area contributed by atoms with E-state index < -0.39 is 16.4 Å². The molecule has 3 unspecified atom stereocenters. The van der Waals surface area contributed by atoms with Gasteiger partial charge in [0.25, 0.3) is 5.69 Å². The van der Waals surface area contributed by atoms with Gasteiger partial charge in [0.1, 0.15) is 0 Å². The minimum absolute atomic E-state index is 0.0227. The maximum atomic E-state index is 5.94. The minimum Gasteiger partial charge on any atom is -0.342 e. The topological polar surface area (TPSA) is 46.4 Å². The van der Waals surface area contributed by atoms with E-state index >= 15 is 0 Å². The van der Waals surface area contributed by atoms with Crippen molar-refractivity contribution in [2.45, 2.75) is 57.7 Å². The summed E-state index contributed by atoms with van der Waals surface area (Å²) in [4.78, 5) is 7.21. The van der Waals surface area contributed by atoms with E-state index in [4.69, 9.17) is 25.9 Å². The Labute approximate surface area is 168 Å². The van der Waals surface area contributed by atoms with Crippen LogP contribution in [0.15, 0.2) is 33.4 Å². The number of nitrogens with zero attached hydrogens (tertiary/aromatic N) is 3. The van der Waals surface area contributed by atoms with Crippen LogP contribution in [-0.2, 0) is 31.6 Å². The second-order valence-corrected chi connectivity index (χ2v) is 15.6. The third-order valence-electron chi connectivity index (χ3n) is 4.47. The Kier molecular flexibility index (Phi) is 6.85. The van der Waals surface area contributed by atoms with Crippen LogP contribution in [0.2, 0.25) is 0 Å². The molecule has 3 aliphatic rings. The standard InChI is InChI=1S/C17H28N3O2PS3/c1-5-11-25-23(24,21-6-2)22-19-26-16-18-12-14-9-7-8-10-15(14)20(16)13-17(26,3)4/h7-8,12,15H,5-6,9-11,13H2,1-4H3. The smallest absolute Gasteiger partial charge is 0.273 e. The molecular formula is C17H28N3O2PS3. The van der Waals surface area contributed by atoms with Gasteiger partial charge in [0.2, 0.25) is 0 Å². The van der Waals surface area contributed by atoms with Gasteiger partial charge >= 0.3 is 0 Å². The van der Waals surface area contributed by atoms with Crippen LogP contribution >= 0.6 is 17.1 Å². The molecule has 26 heavy (non-hydrogen) atoms. The molecule has 0 aromatic carbocycles. The molecule has 2 heterocycles. The molecule has 0 amide bonds. The van der Waals surface area contributed by atoms with Crippen LogP contribution < -0.4 is 0 Å². The van der Waals surface area contributed by atoms with Crippen molar-refractivity contribution in [2.75, 3.05) is 18.9 Å². The molecule has 0 spiro atoms. The van der Waals surface area contributed by atoms with E-state index in [-0.39, 0.29) is 4.75 Å². The quantitative estimate of drug-likeness (QED) is 0.314. The fourth-order valence-corrected chi connectivity index (χ4v) is 9.71. The molecule has 1 aliphatic carbocycles. The van der Waals surface area contributed by atoms with Gasteiger partial charge < -0.3 is 9.42 Å². The van der Waals surface area contributed by atoms with Gasteiger partial charge in [0.05, 0.1) is 12.6 Å². The summed E-state index contributed by atoms with van der Waals surface area (Å²) in [5.41, 5.74) is -1.03. The molecular weight excluding hydrogens is 405 g/mol. The first-order chi connectivity index (χ1) is 12.4. The van der Waals surface area contributed by atoms with Crippen molar-refractivity contribution in [1.29, 1.82) is 0 Å². The summed E-state index contributed by atoms with van der Waals surface area (Å²) in [5.74, 6) is 0.928. The summed E-state index contributed by atoms with van der Waals surface area (Å²) in [6, 6.07) is 0.420. The van der Waals surface area contributed by atoms with E-state index in [2.05, 4.69) is 42.3 Å². The third-order valence-corrected chi connectivity index (χ3v) is 11.9. The van der Waals surface area contributed by atoms with Crippen LogP contribution in [-0.4, -0.2) is 39.8 Å². The predicted octanol–water partition coefficient (Wildman–Crippen LogP) is 5.19. The molecule has 0 radical (unpaired) electrons. The maximum absolute atomic E-state index is 5.94. The molecule has 3 rings (SSSR count). The minimum atomic E-state index is -2.43. The number of hydrogen-bond donors (Lipinski definition) is 0. The molecule has 0 saturated carbocycles. The molecule has 5 nitrogen and oxygen atoms in total. The highest BCUT2D eigenvalue weighted by Gasteiger charge is 2.45. The molecule has 0 bridgehead atoms. The lowest BCUT2D eigenvalue weighted by molar-refractivity contribution is 0.284. The van der Waals surface area contributed by atoms with E-state index in [1.807, 2.05) is 13.1 Å². The van der Waals surface area contributed by atoms with Crippen molar-refractivity contribution in [2.24, 2.45) is 9.52 Å². The summed E-state index contributed by atoms with van der Waals surface area (Å²) in [6.45, 7) is 10.1.